The molecule has 2 aliphatic heterocycles. The summed E-state index contributed by atoms with van der Waals surface area (Å²) in [4.78, 5) is 14.4. The molecule has 144 valence electrons. The summed E-state index contributed by atoms with van der Waals surface area (Å²) in [6.07, 6.45) is 3.69. The van der Waals surface area contributed by atoms with Gasteiger partial charge in [0.2, 0.25) is 0 Å². The van der Waals surface area contributed by atoms with Crippen LogP contribution < -0.4 is 5.32 Å². The van der Waals surface area contributed by atoms with Crippen LogP contribution in [0.1, 0.15) is 36.0 Å². The predicted octanol–water partition coefficient (Wildman–Crippen LogP) is 1.44. The summed E-state index contributed by atoms with van der Waals surface area (Å²) < 4.78 is 11.1. The Labute approximate surface area is 155 Å². The number of aliphatic hydroxyl groups is 1. The van der Waals surface area contributed by atoms with Gasteiger partial charge in [0, 0.05) is 37.8 Å². The maximum Gasteiger partial charge on any atom is 0.251 e. The summed E-state index contributed by atoms with van der Waals surface area (Å²) in [5.74, 6) is -0.00776. The van der Waals surface area contributed by atoms with Gasteiger partial charge in [-0.1, -0.05) is 18.2 Å². The smallest absolute Gasteiger partial charge is 0.251 e. The molecule has 1 aromatic rings. The molecule has 2 atom stereocenters. The van der Waals surface area contributed by atoms with Crippen molar-refractivity contribution in [2.75, 3.05) is 39.5 Å². The molecule has 0 unspecified atom stereocenters. The number of nitrogens with zero attached hydrogens (tertiary/aromatic N) is 1. The minimum Gasteiger partial charge on any atom is -0.389 e. The summed E-state index contributed by atoms with van der Waals surface area (Å²) in [5.41, 5.74) is 0.703. The number of carbonyl (C=O) groups is 1. The van der Waals surface area contributed by atoms with Crippen molar-refractivity contribution in [3.05, 3.63) is 35.9 Å². The second-order valence-electron chi connectivity index (χ2n) is 7.24. The molecule has 2 N–H and O–H groups in total. The number of nitrogens with one attached hydrogen (secondary N) is 1. The third-order valence-electron chi connectivity index (χ3n) is 5.07. The van der Waals surface area contributed by atoms with E-state index in [4.69, 9.17) is 9.47 Å². The number of piperidine rings is 1. The lowest BCUT2D eigenvalue weighted by molar-refractivity contribution is -0.0268. The Bertz CT molecular complexity index is 540. The zero-order valence-electron chi connectivity index (χ0n) is 15.3. The second kappa shape index (κ2) is 10.0. The van der Waals surface area contributed by atoms with Crippen LogP contribution >= 0.6 is 0 Å². The first kappa shape index (κ1) is 19.3. The van der Waals surface area contributed by atoms with E-state index in [2.05, 4.69) is 10.2 Å². The maximum absolute atomic E-state index is 12.2. The predicted molar refractivity (Wildman–Crippen MR) is 99.2 cm³/mol. The zero-order valence-corrected chi connectivity index (χ0v) is 15.3. The fraction of sp³-hybridized carbons (Fsp3) is 0.650. The number of aliphatic hydroxyl groups excluding tert-OH is 1. The largest absolute Gasteiger partial charge is 0.389 e. The van der Waals surface area contributed by atoms with Crippen LogP contribution in [-0.2, 0) is 9.47 Å². The van der Waals surface area contributed by atoms with Crippen LogP contribution in [0.15, 0.2) is 30.3 Å². The molecular weight excluding hydrogens is 332 g/mol. The lowest BCUT2D eigenvalue weighted by Crippen LogP contribution is -2.47. The molecule has 0 spiro atoms. The van der Waals surface area contributed by atoms with Gasteiger partial charge in [-0.3, -0.25) is 4.79 Å². The van der Waals surface area contributed by atoms with E-state index in [-0.39, 0.29) is 18.1 Å². The molecule has 1 aromatic carbocycles. The van der Waals surface area contributed by atoms with Gasteiger partial charge in [-0.2, -0.15) is 0 Å². The maximum atomic E-state index is 12.2. The highest BCUT2D eigenvalue weighted by atomic mass is 16.5. The number of amides is 1. The third kappa shape index (κ3) is 6.06. The number of rotatable bonds is 8. The van der Waals surface area contributed by atoms with Gasteiger partial charge >= 0.3 is 0 Å². The van der Waals surface area contributed by atoms with Crippen molar-refractivity contribution in [1.82, 2.24) is 10.2 Å². The van der Waals surface area contributed by atoms with Crippen molar-refractivity contribution in [1.29, 1.82) is 0 Å². The number of benzene rings is 1. The Morgan fingerprint density at radius 1 is 1.27 bits per heavy atom. The second-order valence-corrected chi connectivity index (χ2v) is 7.24. The average Bonchev–Trinajstić information content (AvgIpc) is 3.17. The molecule has 2 aliphatic rings. The number of ether oxygens (including phenoxy) is 2. The van der Waals surface area contributed by atoms with Crippen molar-refractivity contribution in [2.45, 2.75) is 43.9 Å². The molecule has 3 rings (SSSR count). The fourth-order valence-corrected chi connectivity index (χ4v) is 3.58. The average molecular weight is 362 g/mol. The van der Waals surface area contributed by atoms with Crippen LogP contribution in [-0.4, -0.2) is 73.6 Å². The third-order valence-corrected chi connectivity index (χ3v) is 5.07. The first-order valence-corrected chi connectivity index (χ1v) is 9.66. The van der Waals surface area contributed by atoms with E-state index in [0.29, 0.717) is 25.3 Å². The lowest BCUT2D eigenvalue weighted by atomic mass is 10.0. The number of likely N-dealkylation sites (tertiary alicyclic amines) is 1. The van der Waals surface area contributed by atoms with Crippen molar-refractivity contribution in [3.63, 3.8) is 0 Å². The summed E-state index contributed by atoms with van der Waals surface area (Å²) in [6.45, 7) is 4.12. The van der Waals surface area contributed by atoms with Crippen LogP contribution in [0.3, 0.4) is 0 Å². The summed E-state index contributed by atoms with van der Waals surface area (Å²) >= 11 is 0. The van der Waals surface area contributed by atoms with E-state index in [1.807, 2.05) is 30.3 Å². The Hall–Kier alpha value is -1.47. The molecule has 6 nitrogen and oxygen atoms in total. The number of β-amino-alcohol motifs (C(OH)–C–C–N with tert-alkyl or cyclic N) is 1. The first-order chi connectivity index (χ1) is 12.7. The molecule has 6 heteroatoms. The molecular formula is C20H30N2O4. The van der Waals surface area contributed by atoms with E-state index >= 15 is 0 Å². The zero-order chi connectivity index (χ0) is 18.2. The minimum atomic E-state index is -0.480. The molecule has 2 heterocycles. The molecule has 0 aromatic heterocycles. The van der Waals surface area contributed by atoms with Crippen molar-refractivity contribution < 1.29 is 19.4 Å². The van der Waals surface area contributed by atoms with Crippen molar-refractivity contribution in [3.8, 4) is 0 Å². The van der Waals surface area contributed by atoms with E-state index in [9.17, 15) is 9.90 Å². The highest BCUT2D eigenvalue weighted by Gasteiger charge is 2.23. The first-order valence-electron chi connectivity index (χ1n) is 9.66. The van der Waals surface area contributed by atoms with Gasteiger partial charge in [0.25, 0.3) is 5.91 Å². The van der Waals surface area contributed by atoms with Gasteiger partial charge < -0.3 is 24.8 Å². The minimum absolute atomic E-state index is 0.00776. The molecule has 2 saturated heterocycles. The quantitative estimate of drug-likeness (QED) is 0.732. The molecule has 1 amide bonds. The van der Waals surface area contributed by atoms with Gasteiger partial charge in [0.1, 0.15) is 0 Å². The molecule has 2 fully saturated rings. The van der Waals surface area contributed by atoms with Crippen LogP contribution in [0, 0.1) is 0 Å². The molecule has 26 heavy (non-hydrogen) atoms. The normalized spacial score (nSPS) is 23.0. The van der Waals surface area contributed by atoms with Gasteiger partial charge in [0.05, 0.1) is 25.4 Å². The van der Waals surface area contributed by atoms with Gasteiger partial charge in [-0.25, -0.2) is 0 Å². The monoisotopic (exact) mass is 362 g/mol. The van der Waals surface area contributed by atoms with Crippen molar-refractivity contribution >= 4 is 5.91 Å². The number of carbonyl (C=O) groups excluding carboxylic acids is 1. The van der Waals surface area contributed by atoms with Gasteiger partial charge in [-0.05, 0) is 37.8 Å². The van der Waals surface area contributed by atoms with E-state index < -0.39 is 6.10 Å². The van der Waals surface area contributed by atoms with Crippen LogP contribution in [0.4, 0.5) is 0 Å². The SMILES string of the molecule is O=C(NC1CCN(C[C@H](O)COC[C@H]2CCCO2)CC1)c1ccccc1. The molecule has 0 bridgehead atoms. The molecule has 0 aliphatic carbocycles. The van der Waals surface area contributed by atoms with E-state index in [0.717, 1.165) is 45.4 Å². The van der Waals surface area contributed by atoms with Gasteiger partial charge in [0.15, 0.2) is 0 Å². The van der Waals surface area contributed by atoms with Crippen LogP contribution in [0.25, 0.3) is 0 Å². The van der Waals surface area contributed by atoms with Crippen molar-refractivity contribution in [2.24, 2.45) is 0 Å². The number of hydrogen-bond donors (Lipinski definition) is 2. The topological polar surface area (TPSA) is 71.0 Å². The molecule has 0 radical (unpaired) electrons. The van der Waals surface area contributed by atoms with E-state index in [1.54, 1.807) is 0 Å². The summed E-state index contributed by atoms with van der Waals surface area (Å²) in [6, 6.07) is 9.52. The highest BCUT2D eigenvalue weighted by Crippen LogP contribution is 2.13. The Kier molecular flexibility index (Phi) is 7.43. The summed E-state index contributed by atoms with van der Waals surface area (Å²) in [7, 11) is 0. The van der Waals surface area contributed by atoms with Crippen LogP contribution in [0.2, 0.25) is 0 Å². The summed E-state index contributed by atoms with van der Waals surface area (Å²) in [5, 5.41) is 13.3. The Morgan fingerprint density at radius 3 is 2.73 bits per heavy atom. The number of hydrogen-bond acceptors (Lipinski definition) is 5. The molecule has 0 saturated carbocycles. The van der Waals surface area contributed by atoms with Gasteiger partial charge in [-0.15, -0.1) is 0 Å². The fourth-order valence-electron chi connectivity index (χ4n) is 3.58. The lowest BCUT2D eigenvalue weighted by Gasteiger charge is -2.33. The van der Waals surface area contributed by atoms with E-state index in [1.165, 1.54) is 0 Å². The Morgan fingerprint density at radius 2 is 2.04 bits per heavy atom. The standard InChI is InChI=1S/C20H30N2O4/c23-18(14-25-15-19-7-4-12-26-19)13-22-10-8-17(9-11-22)21-20(24)16-5-2-1-3-6-16/h1-3,5-6,17-19,23H,4,7-15H2,(H,21,24)/t18-,19+/m0/s1. The highest BCUT2D eigenvalue weighted by molar-refractivity contribution is 5.94. The Balaban J connectivity index is 1.30. The van der Waals surface area contributed by atoms with Crippen LogP contribution in [0.5, 0.6) is 0 Å².